The molecule has 0 aliphatic carbocycles. The maximum absolute atomic E-state index is 12.4. The molecule has 0 spiro atoms. The van der Waals surface area contributed by atoms with Gasteiger partial charge in [0.15, 0.2) is 0 Å². The average molecular weight is 370 g/mol. The summed E-state index contributed by atoms with van der Waals surface area (Å²) in [7, 11) is 0. The predicted molar refractivity (Wildman–Crippen MR) is 98.0 cm³/mol. The van der Waals surface area contributed by atoms with E-state index in [0.29, 0.717) is 11.3 Å². The summed E-state index contributed by atoms with van der Waals surface area (Å²) in [5.41, 5.74) is 6.59. The first kappa shape index (κ1) is 19.6. The van der Waals surface area contributed by atoms with Gasteiger partial charge in [0.25, 0.3) is 11.6 Å². The first-order chi connectivity index (χ1) is 12.8. The quantitative estimate of drug-likeness (QED) is 0.498. The normalized spacial score (nSPS) is 11.3. The highest BCUT2D eigenvalue weighted by Gasteiger charge is 2.20. The molecule has 0 heterocycles. The number of carbonyl (C=O) groups is 3. The minimum Gasteiger partial charge on any atom is -0.368 e. The Labute approximate surface area is 154 Å². The fourth-order valence-electron chi connectivity index (χ4n) is 2.40. The van der Waals surface area contributed by atoms with Gasteiger partial charge < -0.3 is 16.4 Å². The molecule has 9 heteroatoms. The van der Waals surface area contributed by atoms with Crippen LogP contribution in [0.15, 0.2) is 48.5 Å². The number of nitrogens with one attached hydrogen (secondary N) is 2. The summed E-state index contributed by atoms with van der Waals surface area (Å²) in [5.74, 6) is -1.55. The number of carbonyl (C=O) groups excluding carboxylic acids is 3. The molecule has 0 aliphatic rings. The van der Waals surface area contributed by atoms with E-state index in [1.165, 1.54) is 43.3 Å². The lowest BCUT2D eigenvalue weighted by molar-refractivity contribution is -0.384. The van der Waals surface area contributed by atoms with Gasteiger partial charge in [-0.15, -0.1) is 0 Å². The number of nitrogens with two attached hydrogens (primary N) is 1. The molecule has 2 aromatic carbocycles. The van der Waals surface area contributed by atoms with E-state index in [1.807, 2.05) is 0 Å². The van der Waals surface area contributed by atoms with Crippen LogP contribution >= 0.6 is 0 Å². The number of nitrogens with zero attached hydrogens (tertiary/aromatic N) is 1. The van der Waals surface area contributed by atoms with Gasteiger partial charge in [-0.3, -0.25) is 24.5 Å². The van der Waals surface area contributed by atoms with Crippen molar-refractivity contribution < 1.29 is 19.3 Å². The Hall–Kier alpha value is -3.75. The number of nitro benzene ring substituents is 1. The Bertz CT molecular complexity index is 880. The van der Waals surface area contributed by atoms with Crippen molar-refractivity contribution in [1.82, 2.24) is 5.32 Å². The molecule has 0 aromatic heterocycles. The van der Waals surface area contributed by atoms with Crippen molar-refractivity contribution in [2.75, 3.05) is 5.32 Å². The fraction of sp³-hybridized carbons (Fsp3) is 0.167. The summed E-state index contributed by atoms with van der Waals surface area (Å²) in [4.78, 5) is 45.4. The highest BCUT2D eigenvalue weighted by atomic mass is 16.6. The molecule has 0 aliphatic heterocycles. The third-order valence-electron chi connectivity index (χ3n) is 3.68. The zero-order valence-electron chi connectivity index (χ0n) is 14.5. The van der Waals surface area contributed by atoms with E-state index >= 15 is 0 Å². The Morgan fingerprint density at radius 1 is 1.15 bits per heavy atom. The molecule has 0 unspecified atom stereocenters. The number of hydrogen-bond donors (Lipinski definition) is 3. The molecular weight excluding hydrogens is 352 g/mol. The molecule has 3 amide bonds. The molecule has 0 radical (unpaired) electrons. The molecule has 0 fully saturated rings. The van der Waals surface area contributed by atoms with Crippen molar-refractivity contribution in [3.05, 3.63) is 69.8 Å². The zero-order chi connectivity index (χ0) is 20.0. The summed E-state index contributed by atoms with van der Waals surface area (Å²) in [6, 6.07) is 10.8. The Morgan fingerprint density at radius 3 is 2.37 bits per heavy atom. The highest BCUT2D eigenvalue weighted by Crippen LogP contribution is 2.14. The van der Waals surface area contributed by atoms with E-state index in [-0.39, 0.29) is 23.6 Å². The molecular formula is C18H18N4O5. The van der Waals surface area contributed by atoms with E-state index in [2.05, 4.69) is 10.6 Å². The van der Waals surface area contributed by atoms with E-state index in [1.54, 1.807) is 12.1 Å². The minimum atomic E-state index is -0.997. The van der Waals surface area contributed by atoms with Gasteiger partial charge in [-0.1, -0.05) is 18.2 Å². The van der Waals surface area contributed by atoms with Gasteiger partial charge >= 0.3 is 0 Å². The maximum atomic E-state index is 12.4. The van der Waals surface area contributed by atoms with Crippen molar-refractivity contribution in [1.29, 1.82) is 0 Å². The SMILES string of the molecule is CC(=O)Nc1cccc(C(=O)N[C@H](Cc2ccc([N+](=O)[O-])cc2)C(N)=O)c1. The molecule has 140 valence electrons. The van der Waals surface area contributed by atoms with Crippen LogP contribution in [0.3, 0.4) is 0 Å². The van der Waals surface area contributed by atoms with Gasteiger partial charge in [-0.25, -0.2) is 0 Å². The summed E-state index contributed by atoms with van der Waals surface area (Å²) >= 11 is 0. The second-order valence-corrected chi connectivity index (χ2v) is 5.82. The lowest BCUT2D eigenvalue weighted by Crippen LogP contribution is -2.45. The van der Waals surface area contributed by atoms with E-state index in [0.717, 1.165) is 0 Å². The van der Waals surface area contributed by atoms with Gasteiger partial charge in [0, 0.05) is 36.7 Å². The molecule has 2 rings (SSSR count). The predicted octanol–water partition coefficient (Wildman–Crippen LogP) is 1.38. The van der Waals surface area contributed by atoms with Gasteiger partial charge in [-0.2, -0.15) is 0 Å². The number of non-ortho nitro benzene ring substituents is 1. The maximum Gasteiger partial charge on any atom is 0.269 e. The zero-order valence-corrected chi connectivity index (χ0v) is 14.5. The summed E-state index contributed by atoms with van der Waals surface area (Å²) in [6.07, 6.45) is 0.0878. The van der Waals surface area contributed by atoms with E-state index in [9.17, 15) is 24.5 Å². The average Bonchev–Trinajstić information content (AvgIpc) is 2.61. The van der Waals surface area contributed by atoms with Gasteiger partial charge in [-0.05, 0) is 23.8 Å². The molecule has 27 heavy (non-hydrogen) atoms. The lowest BCUT2D eigenvalue weighted by atomic mass is 10.0. The third kappa shape index (κ3) is 5.63. The largest absolute Gasteiger partial charge is 0.368 e. The van der Waals surface area contributed by atoms with Crippen molar-refractivity contribution in [2.45, 2.75) is 19.4 Å². The number of rotatable bonds is 7. The Morgan fingerprint density at radius 2 is 1.81 bits per heavy atom. The number of amides is 3. The Kier molecular flexibility index (Phi) is 6.21. The van der Waals surface area contributed by atoms with Gasteiger partial charge in [0.2, 0.25) is 11.8 Å². The Balaban J connectivity index is 2.11. The molecule has 4 N–H and O–H groups in total. The standard InChI is InChI=1S/C18H18N4O5/c1-11(23)20-14-4-2-3-13(10-14)18(25)21-16(17(19)24)9-12-5-7-15(8-6-12)22(26)27/h2-8,10,16H,9H2,1H3,(H2,19,24)(H,20,23)(H,21,25)/t16-/m1/s1. The monoisotopic (exact) mass is 370 g/mol. The molecule has 0 saturated carbocycles. The summed E-state index contributed by atoms with van der Waals surface area (Å²) < 4.78 is 0. The molecule has 9 nitrogen and oxygen atoms in total. The van der Waals surface area contributed by atoms with E-state index < -0.39 is 22.8 Å². The van der Waals surface area contributed by atoms with Crippen LogP contribution in [-0.2, 0) is 16.0 Å². The van der Waals surface area contributed by atoms with Crippen LogP contribution in [0.5, 0.6) is 0 Å². The van der Waals surface area contributed by atoms with Crippen molar-refractivity contribution >= 4 is 29.1 Å². The molecule has 0 bridgehead atoms. The topological polar surface area (TPSA) is 144 Å². The fourth-order valence-corrected chi connectivity index (χ4v) is 2.40. The summed E-state index contributed by atoms with van der Waals surface area (Å²) in [6.45, 7) is 1.35. The molecule has 0 saturated heterocycles. The number of anilines is 1. The second-order valence-electron chi connectivity index (χ2n) is 5.82. The van der Waals surface area contributed by atoms with Gasteiger partial charge in [0.1, 0.15) is 6.04 Å². The number of nitro groups is 1. The van der Waals surface area contributed by atoms with Crippen molar-refractivity contribution in [3.8, 4) is 0 Å². The second kappa shape index (κ2) is 8.56. The van der Waals surface area contributed by atoms with Crippen LogP contribution < -0.4 is 16.4 Å². The van der Waals surface area contributed by atoms with Gasteiger partial charge in [0.05, 0.1) is 4.92 Å². The number of hydrogen-bond acceptors (Lipinski definition) is 5. The van der Waals surface area contributed by atoms with Crippen LogP contribution in [0.4, 0.5) is 11.4 Å². The van der Waals surface area contributed by atoms with Crippen LogP contribution in [0.1, 0.15) is 22.8 Å². The first-order valence-electron chi connectivity index (χ1n) is 7.97. The smallest absolute Gasteiger partial charge is 0.269 e. The van der Waals surface area contributed by atoms with Crippen molar-refractivity contribution in [3.63, 3.8) is 0 Å². The highest BCUT2D eigenvalue weighted by molar-refractivity contribution is 5.99. The van der Waals surface area contributed by atoms with E-state index in [4.69, 9.17) is 5.73 Å². The van der Waals surface area contributed by atoms with Crippen LogP contribution in [0, 0.1) is 10.1 Å². The molecule has 2 aromatic rings. The lowest BCUT2D eigenvalue weighted by Gasteiger charge is -2.16. The minimum absolute atomic E-state index is 0.0757. The van der Waals surface area contributed by atoms with Crippen LogP contribution in [0.2, 0.25) is 0 Å². The molecule has 1 atom stereocenters. The first-order valence-corrected chi connectivity index (χ1v) is 7.97. The third-order valence-corrected chi connectivity index (χ3v) is 3.68. The summed E-state index contributed by atoms with van der Waals surface area (Å²) in [5, 5.41) is 15.8. The number of primary amides is 1. The number of benzene rings is 2. The van der Waals surface area contributed by atoms with Crippen LogP contribution in [0.25, 0.3) is 0 Å². The van der Waals surface area contributed by atoms with Crippen molar-refractivity contribution in [2.24, 2.45) is 5.73 Å². The van der Waals surface area contributed by atoms with Crippen LogP contribution in [-0.4, -0.2) is 28.7 Å².